The van der Waals surface area contributed by atoms with Gasteiger partial charge in [0.1, 0.15) is 11.9 Å². The summed E-state index contributed by atoms with van der Waals surface area (Å²) in [6, 6.07) is 6.16. The summed E-state index contributed by atoms with van der Waals surface area (Å²) in [6.07, 6.45) is 6.72. The Balaban J connectivity index is 1.57. The Morgan fingerprint density at radius 2 is 1.96 bits per heavy atom. The number of benzene rings is 1. The topological polar surface area (TPSA) is 52.6 Å². The van der Waals surface area contributed by atoms with Crippen molar-refractivity contribution < 1.29 is 19.1 Å². The second kappa shape index (κ2) is 6.40. The van der Waals surface area contributed by atoms with Gasteiger partial charge in [0.15, 0.2) is 0 Å². The molecule has 2 saturated carbocycles. The molecule has 0 amide bonds. The highest BCUT2D eigenvalue weighted by molar-refractivity contribution is 5.69. The van der Waals surface area contributed by atoms with Crippen LogP contribution >= 0.6 is 0 Å². The van der Waals surface area contributed by atoms with E-state index < -0.39 is 0 Å². The van der Waals surface area contributed by atoms with Crippen LogP contribution in [0.5, 0.6) is 5.75 Å². The van der Waals surface area contributed by atoms with Crippen LogP contribution < -0.4 is 4.74 Å². The van der Waals surface area contributed by atoms with Crippen molar-refractivity contribution in [3.8, 4) is 5.75 Å². The first-order chi connectivity index (χ1) is 12.4. The van der Waals surface area contributed by atoms with E-state index in [1.807, 2.05) is 6.07 Å². The van der Waals surface area contributed by atoms with E-state index in [-0.39, 0.29) is 18.0 Å². The summed E-state index contributed by atoms with van der Waals surface area (Å²) in [5.41, 5.74) is 3.08. The fourth-order valence-corrected chi connectivity index (χ4v) is 6.11. The minimum atomic E-state index is -0.269. The number of carbonyl (C=O) groups is 2. The average molecular weight is 356 g/mol. The Morgan fingerprint density at radius 1 is 1.15 bits per heavy atom. The maximum Gasteiger partial charge on any atom is 0.308 e. The first-order valence-electron chi connectivity index (χ1n) is 9.84. The highest BCUT2D eigenvalue weighted by Crippen LogP contribution is 2.61. The van der Waals surface area contributed by atoms with Crippen molar-refractivity contribution in [3.05, 3.63) is 29.3 Å². The quantitative estimate of drug-likeness (QED) is 0.582. The van der Waals surface area contributed by atoms with Crippen molar-refractivity contribution in [2.45, 2.75) is 71.3 Å². The molecule has 0 bridgehead atoms. The van der Waals surface area contributed by atoms with Crippen LogP contribution in [0, 0.1) is 17.3 Å². The van der Waals surface area contributed by atoms with Crippen molar-refractivity contribution in [1.29, 1.82) is 0 Å². The third-order valence-electron chi connectivity index (χ3n) is 7.02. The summed E-state index contributed by atoms with van der Waals surface area (Å²) in [5.74, 6) is 2.12. The number of hydrogen-bond donors (Lipinski definition) is 0. The summed E-state index contributed by atoms with van der Waals surface area (Å²) < 4.78 is 10.8. The standard InChI is InChI=1S/C22H28O4/c1-13(23)25-16-5-7-18-15(10-16)4-6-20-19(18)8-9-22(3)12-17(11-21(20)22)26-14(2)24/h5,7,10,17,19-21H,4,6,8-9,11-12H2,1-3H3/t17-,19+,20+,21+,22-/m0/s1. The van der Waals surface area contributed by atoms with Crippen molar-refractivity contribution in [3.63, 3.8) is 0 Å². The first kappa shape index (κ1) is 17.6. The molecule has 26 heavy (non-hydrogen) atoms. The van der Waals surface area contributed by atoms with Gasteiger partial charge in [0.25, 0.3) is 0 Å². The van der Waals surface area contributed by atoms with Crippen molar-refractivity contribution in [1.82, 2.24) is 0 Å². The lowest BCUT2D eigenvalue weighted by atomic mass is 9.56. The van der Waals surface area contributed by atoms with Gasteiger partial charge in [0.2, 0.25) is 0 Å². The number of esters is 2. The van der Waals surface area contributed by atoms with Crippen LogP contribution in [0.1, 0.15) is 69.9 Å². The number of hydrogen-bond acceptors (Lipinski definition) is 4. The molecule has 0 aliphatic heterocycles. The Labute approximate surface area is 155 Å². The minimum absolute atomic E-state index is 0.0917. The number of fused-ring (bicyclic) bond motifs is 5. The van der Waals surface area contributed by atoms with Crippen LogP contribution in [0.4, 0.5) is 0 Å². The van der Waals surface area contributed by atoms with Crippen LogP contribution in [0.3, 0.4) is 0 Å². The molecule has 4 heteroatoms. The molecule has 140 valence electrons. The first-order valence-corrected chi connectivity index (χ1v) is 9.84. The summed E-state index contributed by atoms with van der Waals surface area (Å²) in [7, 11) is 0. The molecule has 0 spiro atoms. The van der Waals surface area contributed by atoms with Crippen molar-refractivity contribution in [2.75, 3.05) is 0 Å². The number of rotatable bonds is 2. The molecule has 3 aliphatic rings. The fourth-order valence-electron chi connectivity index (χ4n) is 6.11. The maximum atomic E-state index is 11.4. The predicted molar refractivity (Wildman–Crippen MR) is 97.9 cm³/mol. The van der Waals surface area contributed by atoms with Crippen molar-refractivity contribution >= 4 is 11.9 Å². The zero-order valence-electron chi connectivity index (χ0n) is 15.9. The smallest absolute Gasteiger partial charge is 0.308 e. The minimum Gasteiger partial charge on any atom is -0.463 e. The Kier molecular flexibility index (Phi) is 4.32. The lowest BCUT2D eigenvalue weighted by Crippen LogP contribution is -2.39. The van der Waals surface area contributed by atoms with E-state index in [2.05, 4.69) is 19.1 Å². The average Bonchev–Trinajstić information content (AvgIpc) is 2.89. The molecule has 0 unspecified atom stereocenters. The van der Waals surface area contributed by atoms with Crippen LogP contribution in [0.2, 0.25) is 0 Å². The highest BCUT2D eigenvalue weighted by Gasteiger charge is 2.53. The van der Waals surface area contributed by atoms with Gasteiger partial charge in [-0.1, -0.05) is 13.0 Å². The van der Waals surface area contributed by atoms with Gasteiger partial charge in [0.05, 0.1) is 0 Å². The fraction of sp³-hybridized carbons (Fsp3) is 0.636. The van der Waals surface area contributed by atoms with E-state index in [0.717, 1.165) is 19.3 Å². The number of aryl methyl sites for hydroxylation is 1. The summed E-state index contributed by atoms with van der Waals surface area (Å²) in [6.45, 7) is 5.36. The molecule has 1 aromatic carbocycles. The molecule has 0 radical (unpaired) electrons. The lowest BCUT2D eigenvalue weighted by molar-refractivity contribution is -0.146. The van der Waals surface area contributed by atoms with E-state index in [1.54, 1.807) is 0 Å². The van der Waals surface area contributed by atoms with Crippen LogP contribution in [-0.4, -0.2) is 18.0 Å². The monoisotopic (exact) mass is 356 g/mol. The van der Waals surface area contributed by atoms with E-state index in [4.69, 9.17) is 9.47 Å². The van der Waals surface area contributed by atoms with Gasteiger partial charge in [-0.3, -0.25) is 9.59 Å². The normalized spacial score (nSPS) is 35.0. The molecular formula is C22H28O4. The van der Waals surface area contributed by atoms with Crippen LogP contribution in [-0.2, 0) is 20.7 Å². The lowest BCUT2D eigenvalue weighted by Gasteiger charge is -2.49. The van der Waals surface area contributed by atoms with Gasteiger partial charge in [0, 0.05) is 13.8 Å². The van der Waals surface area contributed by atoms with Gasteiger partial charge in [-0.2, -0.15) is 0 Å². The second-order valence-electron chi connectivity index (χ2n) is 8.73. The van der Waals surface area contributed by atoms with Crippen molar-refractivity contribution in [2.24, 2.45) is 17.3 Å². The van der Waals surface area contributed by atoms with Crippen LogP contribution in [0.25, 0.3) is 0 Å². The summed E-state index contributed by atoms with van der Waals surface area (Å²) in [5, 5.41) is 0. The van der Waals surface area contributed by atoms with Gasteiger partial charge in [-0.25, -0.2) is 0 Å². The Bertz CT molecular complexity index is 740. The molecule has 0 aromatic heterocycles. The largest absolute Gasteiger partial charge is 0.463 e. The molecule has 1 aromatic rings. The third-order valence-corrected chi connectivity index (χ3v) is 7.02. The highest BCUT2D eigenvalue weighted by atomic mass is 16.5. The molecule has 0 heterocycles. The second-order valence-corrected chi connectivity index (χ2v) is 8.73. The van der Waals surface area contributed by atoms with E-state index >= 15 is 0 Å². The van der Waals surface area contributed by atoms with Crippen LogP contribution in [0.15, 0.2) is 18.2 Å². The number of carbonyl (C=O) groups excluding carboxylic acids is 2. The molecule has 4 rings (SSSR count). The molecule has 4 nitrogen and oxygen atoms in total. The Hall–Kier alpha value is -1.84. The van der Waals surface area contributed by atoms with Gasteiger partial charge < -0.3 is 9.47 Å². The molecule has 5 atom stereocenters. The summed E-state index contributed by atoms with van der Waals surface area (Å²) in [4.78, 5) is 22.6. The van der Waals surface area contributed by atoms with E-state index in [9.17, 15) is 9.59 Å². The molecule has 3 aliphatic carbocycles. The van der Waals surface area contributed by atoms with Gasteiger partial charge >= 0.3 is 11.9 Å². The zero-order chi connectivity index (χ0) is 18.5. The Morgan fingerprint density at radius 3 is 2.69 bits per heavy atom. The van der Waals surface area contributed by atoms with E-state index in [0.29, 0.717) is 28.9 Å². The molecule has 0 N–H and O–H groups in total. The third kappa shape index (κ3) is 3.04. The van der Waals surface area contributed by atoms with Gasteiger partial charge in [-0.05, 0) is 85.0 Å². The maximum absolute atomic E-state index is 11.4. The van der Waals surface area contributed by atoms with E-state index in [1.165, 1.54) is 44.2 Å². The predicted octanol–water partition coefficient (Wildman–Crippen LogP) is 4.40. The molecule has 2 fully saturated rings. The SMILES string of the molecule is CC(=O)Oc1ccc2c(c1)CC[C@@H]1[C@@H]2CC[C@@]2(C)C[C@@H](OC(C)=O)C[C@H]12. The number of ether oxygens (including phenoxy) is 2. The summed E-state index contributed by atoms with van der Waals surface area (Å²) >= 11 is 0. The van der Waals surface area contributed by atoms with Gasteiger partial charge in [-0.15, -0.1) is 0 Å². The molecule has 0 saturated heterocycles. The zero-order valence-corrected chi connectivity index (χ0v) is 15.9. The molecular weight excluding hydrogens is 328 g/mol.